The Hall–Kier alpha value is -2.05. The maximum Gasteiger partial charge on any atom is 0.105 e. The molecule has 110 valence electrons. The zero-order valence-electron chi connectivity index (χ0n) is 13.1. The van der Waals surface area contributed by atoms with Crippen molar-refractivity contribution in [3.8, 4) is 6.07 Å². The average Bonchev–Trinajstić information content (AvgIpc) is 2.55. The van der Waals surface area contributed by atoms with Crippen LogP contribution in [0.3, 0.4) is 0 Å². The van der Waals surface area contributed by atoms with Crippen LogP contribution >= 0.6 is 0 Å². The van der Waals surface area contributed by atoms with E-state index in [0.29, 0.717) is 0 Å². The minimum atomic E-state index is -0.474. The Bertz CT molecular complexity index is 639. The highest BCUT2D eigenvalue weighted by molar-refractivity contribution is 5.94. The number of nitrogens with zero attached hydrogens (tertiary/aromatic N) is 2. The fourth-order valence-corrected chi connectivity index (χ4v) is 2.53. The van der Waals surface area contributed by atoms with E-state index in [9.17, 15) is 5.26 Å². The van der Waals surface area contributed by atoms with Gasteiger partial charge >= 0.3 is 0 Å². The number of fused-ring (bicyclic) bond motifs is 1. The topological polar surface area (TPSA) is 39.1 Å². The minimum absolute atomic E-state index is 0.474. The van der Waals surface area contributed by atoms with Crippen LogP contribution in [0.4, 0.5) is 5.69 Å². The van der Waals surface area contributed by atoms with Crippen molar-refractivity contribution < 1.29 is 0 Å². The van der Waals surface area contributed by atoms with Gasteiger partial charge in [-0.2, -0.15) is 5.26 Å². The molecule has 2 rings (SSSR count). The Morgan fingerprint density at radius 1 is 1.19 bits per heavy atom. The molecule has 1 atom stereocenters. The summed E-state index contributed by atoms with van der Waals surface area (Å²) < 4.78 is 0. The maximum atomic E-state index is 9.28. The van der Waals surface area contributed by atoms with Crippen molar-refractivity contribution in [3.63, 3.8) is 0 Å². The largest absolute Gasteiger partial charge is 0.371 e. The second kappa shape index (κ2) is 6.60. The summed E-state index contributed by atoms with van der Waals surface area (Å²) >= 11 is 0. The highest BCUT2D eigenvalue weighted by Crippen LogP contribution is 2.27. The lowest BCUT2D eigenvalue weighted by molar-refractivity contribution is 0.455. The van der Waals surface area contributed by atoms with Crippen molar-refractivity contribution >= 4 is 16.5 Å². The lowest BCUT2D eigenvalue weighted by Crippen LogP contribution is -2.41. The molecule has 0 aliphatic carbocycles. The van der Waals surface area contributed by atoms with E-state index in [1.165, 1.54) is 16.5 Å². The number of hydrogen-bond acceptors (Lipinski definition) is 3. The van der Waals surface area contributed by atoms with Crippen LogP contribution in [0.15, 0.2) is 42.5 Å². The second-order valence-electron chi connectivity index (χ2n) is 5.52. The van der Waals surface area contributed by atoms with E-state index in [0.717, 1.165) is 19.5 Å². The fourth-order valence-electron chi connectivity index (χ4n) is 2.53. The zero-order chi connectivity index (χ0) is 15.3. The summed E-state index contributed by atoms with van der Waals surface area (Å²) in [5, 5.41) is 14.9. The summed E-state index contributed by atoms with van der Waals surface area (Å²) in [5.74, 6) is 0. The van der Waals surface area contributed by atoms with E-state index >= 15 is 0 Å². The van der Waals surface area contributed by atoms with Crippen LogP contribution in [-0.4, -0.2) is 25.7 Å². The van der Waals surface area contributed by atoms with Crippen LogP contribution in [0.25, 0.3) is 10.8 Å². The van der Waals surface area contributed by atoms with Gasteiger partial charge in [-0.1, -0.05) is 36.4 Å². The normalized spacial score (nSPS) is 13.6. The summed E-state index contributed by atoms with van der Waals surface area (Å²) in [6, 6.07) is 17.2. The van der Waals surface area contributed by atoms with E-state index in [4.69, 9.17) is 0 Å². The van der Waals surface area contributed by atoms with E-state index in [2.05, 4.69) is 65.7 Å². The first kappa shape index (κ1) is 15.3. The molecule has 0 spiro atoms. The SMILES string of the molecule is CCN(CCC(C)(C#N)NC)c1cccc2ccccc12. The molecule has 1 unspecified atom stereocenters. The smallest absolute Gasteiger partial charge is 0.105 e. The molecule has 0 bridgehead atoms. The van der Waals surface area contributed by atoms with Gasteiger partial charge in [0.1, 0.15) is 5.54 Å². The summed E-state index contributed by atoms with van der Waals surface area (Å²) in [6.07, 6.45) is 0.789. The Morgan fingerprint density at radius 3 is 2.57 bits per heavy atom. The van der Waals surface area contributed by atoms with Crippen molar-refractivity contribution in [2.45, 2.75) is 25.8 Å². The van der Waals surface area contributed by atoms with Crippen molar-refractivity contribution in [1.82, 2.24) is 5.32 Å². The lowest BCUT2D eigenvalue weighted by atomic mass is 9.99. The summed E-state index contributed by atoms with van der Waals surface area (Å²) in [6.45, 7) is 5.89. The Labute approximate surface area is 127 Å². The van der Waals surface area contributed by atoms with Crippen molar-refractivity contribution in [2.75, 3.05) is 25.0 Å². The molecule has 0 amide bonds. The standard InChI is InChI=1S/C18H23N3/c1-4-21(13-12-18(2,14-19)20-3)17-11-7-9-15-8-5-6-10-16(15)17/h5-11,20H,4,12-13H2,1-3H3. The van der Waals surface area contributed by atoms with Crippen LogP contribution in [0.1, 0.15) is 20.3 Å². The number of rotatable bonds is 6. The summed E-state index contributed by atoms with van der Waals surface area (Å²) in [7, 11) is 1.84. The van der Waals surface area contributed by atoms with E-state index < -0.39 is 5.54 Å². The van der Waals surface area contributed by atoms with Gasteiger partial charge in [0.15, 0.2) is 0 Å². The number of nitriles is 1. The molecule has 0 aliphatic rings. The highest BCUT2D eigenvalue weighted by atomic mass is 15.1. The van der Waals surface area contributed by atoms with Crippen molar-refractivity contribution in [3.05, 3.63) is 42.5 Å². The molecule has 0 saturated carbocycles. The summed E-state index contributed by atoms with van der Waals surface area (Å²) in [5.41, 5.74) is 0.768. The van der Waals surface area contributed by atoms with E-state index in [1.807, 2.05) is 14.0 Å². The van der Waals surface area contributed by atoms with Crippen molar-refractivity contribution in [1.29, 1.82) is 5.26 Å². The van der Waals surface area contributed by atoms with Gasteiger partial charge in [0.25, 0.3) is 0 Å². The van der Waals surface area contributed by atoms with Crippen LogP contribution in [0.2, 0.25) is 0 Å². The Balaban J connectivity index is 2.26. The molecule has 1 N–H and O–H groups in total. The fraction of sp³-hybridized carbons (Fsp3) is 0.389. The van der Waals surface area contributed by atoms with Gasteiger partial charge in [-0.3, -0.25) is 0 Å². The first-order chi connectivity index (χ1) is 10.1. The van der Waals surface area contributed by atoms with E-state index in [1.54, 1.807) is 0 Å². The van der Waals surface area contributed by atoms with Gasteiger partial charge in [0, 0.05) is 24.2 Å². The first-order valence-electron chi connectivity index (χ1n) is 7.46. The predicted molar refractivity (Wildman–Crippen MR) is 89.5 cm³/mol. The number of benzene rings is 2. The van der Waals surface area contributed by atoms with Gasteiger partial charge in [-0.15, -0.1) is 0 Å². The molecule has 3 nitrogen and oxygen atoms in total. The second-order valence-corrected chi connectivity index (χ2v) is 5.52. The molecule has 0 radical (unpaired) electrons. The number of anilines is 1. The quantitative estimate of drug-likeness (QED) is 0.880. The molecule has 3 heteroatoms. The maximum absolute atomic E-state index is 9.28. The zero-order valence-corrected chi connectivity index (χ0v) is 13.1. The molecular formula is C18H23N3. The van der Waals surface area contributed by atoms with Crippen LogP contribution in [0, 0.1) is 11.3 Å². The first-order valence-corrected chi connectivity index (χ1v) is 7.46. The third-order valence-electron chi connectivity index (χ3n) is 4.17. The van der Waals surface area contributed by atoms with Gasteiger partial charge < -0.3 is 10.2 Å². The molecule has 21 heavy (non-hydrogen) atoms. The molecule has 0 heterocycles. The molecule has 2 aromatic rings. The third kappa shape index (κ3) is 3.34. The van der Waals surface area contributed by atoms with Gasteiger partial charge in [-0.25, -0.2) is 0 Å². The van der Waals surface area contributed by atoms with E-state index in [-0.39, 0.29) is 0 Å². The molecule has 0 fully saturated rings. The van der Waals surface area contributed by atoms with Gasteiger partial charge in [-0.05, 0) is 38.8 Å². The van der Waals surface area contributed by atoms with Crippen LogP contribution in [0.5, 0.6) is 0 Å². The molecule has 2 aromatic carbocycles. The van der Waals surface area contributed by atoms with Crippen LogP contribution < -0.4 is 10.2 Å². The Kier molecular flexibility index (Phi) is 4.82. The van der Waals surface area contributed by atoms with Gasteiger partial charge in [0.2, 0.25) is 0 Å². The predicted octanol–water partition coefficient (Wildman–Crippen LogP) is 3.56. The summed E-state index contributed by atoms with van der Waals surface area (Å²) in [4.78, 5) is 2.34. The highest BCUT2D eigenvalue weighted by Gasteiger charge is 2.22. The molecular weight excluding hydrogens is 258 g/mol. The average molecular weight is 281 g/mol. The molecule has 0 aromatic heterocycles. The van der Waals surface area contributed by atoms with Gasteiger partial charge in [0.05, 0.1) is 6.07 Å². The van der Waals surface area contributed by atoms with Crippen molar-refractivity contribution in [2.24, 2.45) is 0 Å². The monoisotopic (exact) mass is 281 g/mol. The number of hydrogen-bond donors (Lipinski definition) is 1. The molecule has 0 aliphatic heterocycles. The van der Waals surface area contributed by atoms with Crippen LogP contribution in [-0.2, 0) is 0 Å². The Morgan fingerprint density at radius 2 is 1.90 bits per heavy atom. The lowest BCUT2D eigenvalue weighted by Gasteiger charge is -2.29. The minimum Gasteiger partial charge on any atom is -0.371 e. The third-order valence-corrected chi connectivity index (χ3v) is 4.17. The number of nitrogens with one attached hydrogen (secondary N) is 1. The molecule has 0 saturated heterocycles.